The highest BCUT2D eigenvalue weighted by Crippen LogP contribution is 2.34. The lowest BCUT2D eigenvalue weighted by atomic mass is 10.2. The third-order valence-electron chi connectivity index (χ3n) is 4.41. The Bertz CT molecular complexity index is 1130. The number of halogens is 1. The third kappa shape index (κ3) is 5.28. The van der Waals surface area contributed by atoms with Crippen LogP contribution in [0.25, 0.3) is 0 Å². The number of nitrogens with zero attached hydrogens (tertiary/aromatic N) is 1. The van der Waals surface area contributed by atoms with Gasteiger partial charge in [-0.1, -0.05) is 41.6 Å². The number of hydrogen-bond donors (Lipinski definition) is 2. The molecule has 158 valence electrons. The molecule has 2 N–H and O–H groups in total. The Morgan fingerprint density at radius 2 is 1.90 bits per heavy atom. The second-order valence-electron chi connectivity index (χ2n) is 6.54. The van der Waals surface area contributed by atoms with Gasteiger partial charge in [0.15, 0.2) is 11.5 Å². The van der Waals surface area contributed by atoms with Crippen LogP contribution in [0.1, 0.15) is 15.9 Å². The van der Waals surface area contributed by atoms with Crippen LogP contribution in [0.5, 0.6) is 11.5 Å². The molecule has 0 spiro atoms. The molecule has 0 atom stereocenters. The molecule has 3 aromatic rings. The lowest BCUT2D eigenvalue weighted by Gasteiger charge is -2.10. The minimum absolute atomic E-state index is 0.0935. The lowest BCUT2D eigenvalue weighted by Crippen LogP contribution is -2.24. The van der Waals surface area contributed by atoms with Gasteiger partial charge in [-0.05, 0) is 35.9 Å². The molecule has 0 aliphatic carbocycles. The lowest BCUT2D eigenvalue weighted by molar-refractivity contribution is -0.113. The molecule has 1 aliphatic rings. The highest BCUT2D eigenvalue weighted by molar-refractivity contribution is 8.00. The Morgan fingerprint density at radius 3 is 2.77 bits per heavy atom. The predicted octanol–water partition coefficient (Wildman–Crippen LogP) is 4.12. The minimum Gasteiger partial charge on any atom is -0.454 e. The van der Waals surface area contributed by atoms with Crippen LogP contribution in [0.15, 0.2) is 65.8 Å². The Balaban J connectivity index is 1.35. The van der Waals surface area contributed by atoms with Crippen molar-refractivity contribution in [3.63, 3.8) is 0 Å². The first-order valence-corrected chi connectivity index (χ1v) is 10.8. The van der Waals surface area contributed by atoms with E-state index in [2.05, 4.69) is 15.6 Å². The molecule has 4 rings (SSSR count). The molecule has 2 aromatic carbocycles. The number of hydrogen-bond acceptors (Lipinski definition) is 6. The molecule has 0 bridgehead atoms. The van der Waals surface area contributed by atoms with Crippen molar-refractivity contribution in [1.29, 1.82) is 0 Å². The number of fused-ring (bicyclic) bond motifs is 1. The van der Waals surface area contributed by atoms with Crippen molar-refractivity contribution in [2.24, 2.45) is 0 Å². The molecule has 0 fully saturated rings. The number of rotatable bonds is 7. The zero-order valence-corrected chi connectivity index (χ0v) is 17.8. The molecule has 2 heterocycles. The first-order chi connectivity index (χ1) is 15.1. The summed E-state index contributed by atoms with van der Waals surface area (Å²) in [6, 6.07) is 15.9. The summed E-state index contributed by atoms with van der Waals surface area (Å²) in [5.41, 5.74) is 1.82. The molecule has 0 saturated heterocycles. The van der Waals surface area contributed by atoms with Gasteiger partial charge in [-0.3, -0.25) is 9.59 Å². The van der Waals surface area contributed by atoms with Crippen LogP contribution < -0.4 is 20.1 Å². The molecule has 0 radical (unpaired) electrons. The summed E-state index contributed by atoms with van der Waals surface area (Å²) in [4.78, 5) is 29.3. The van der Waals surface area contributed by atoms with E-state index in [1.807, 2.05) is 18.2 Å². The average molecular weight is 456 g/mol. The molecular weight excluding hydrogens is 438 g/mol. The van der Waals surface area contributed by atoms with Gasteiger partial charge in [0.25, 0.3) is 5.91 Å². The molecule has 2 amide bonds. The van der Waals surface area contributed by atoms with E-state index >= 15 is 0 Å². The van der Waals surface area contributed by atoms with Gasteiger partial charge in [-0.25, -0.2) is 4.98 Å². The van der Waals surface area contributed by atoms with E-state index < -0.39 is 0 Å². The van der Waals surface area contributed by atoms with Crippen LogP contribution >= 0.6 is 23.4 Å². The number of anilines is 1. The van der Waals surface area contributed by atoms with E-state index in [0.29, 0.717) is 39.3 Å². The van der Waals surface area contributed by atoms with E-state index in [0.717, 1.165) is 5.56 Å². The minimum atomic E-state index is -0.285. The highest BCUT2D eigenvalue weighted by Gasteiger charge is 2.16. The van der Waals surface area contributed by atoms with Crippen molar-refractivity contribution < 1.29 is 19.1 Å². The van der Waals surface area contributed by atoms with Crippen LogP contribution in [0.4, 0.5) is 5.69 Å². The normalized spacial score (nSPS) is 11.8. The van der Waals surface area contributed by atoms with Crippen LogP contribution in [-0.4, -0.2) is 29.3 Å². The predicted molar refractivity (Wildman–Crippen MR) is 119 cm³/mol. The third-order valence-corrected chi connectivity index (χ3v) is 5.78. The maximum absolute atomic E-state index is 12.7. The molecule has 7 nitrogen and oxygen atoms in total. The number of carbonyl (C=O) groups is 2. The van der Waals surface area contributed by atoms with Crippen LogP contribution in [0.2, 0.25) is 5.02 Å². The van der Waals surface area contributed by atoms with Crippen molar-refractivity contribution in [3.05, 3.63) is 76.9 Å². The smallest absolute Gasteiger partial charge is 0.254 e. The standard InChI is InChI=1S/C22H18ClN3O4S/c23-17-6-2-1-4-14(17)11-25-21(28)16-5-3-9-24-22(16)31-12-20(27)26-15-7-8-18-19(10-15)30-13-29-18/h1-10H,11-13H2,(H,25,28)(H,26,27). The van der Waals surface area contributed by atoms with Crippen LogP contribution in [-0.2, 0) is 11.3 Å². The monoisotopic (exact) mass is 455 g/mol. The van der Waals surface area contributed by atoms with Gasteiger partial charge in [0.2, 0.25) is 12.7 Å². The van der Waals surface area contributed by atoms with Crippen LogP contribution in [0, 0.1) is 0 Å². The molecule has 0 unspecified atom stereocenters. The summed E-state index contributed by atoms with van der Waals surface area (Å²) >= 11 is 7.33. The summed E-state index contributed by atoms with van der Waals surface area (Å²) in [7, 11) is 0. The summed E-state index contributed by atoms with van der Waals surface area (Å²) in [5, 5.41) is 6.71. The van der Waals surface area contributed by atoms with Crippen molar-refractivity contribution >= 4 is 40.9 Å². The topological polar surface area (TPSA) is 89.6 Å². The molecular formula is C22H18ClN3O4S. The van der Waals surface area contributed by atoms with Crippen molar-refractivity contribution in [2.45, 2.75) is 11.6 Å². The summed E-state index contributed by atoms with van der Waals surface area (Å²) < 4.78 is 10.6. The van der Waals surface area contributed by atoms with Crippen molar-refractivity contribution in [3.8, 4) is 11.5 Å². The highest BCUT2D eigenvalue weighted by atomic mass is 35.5. The molecule has 1 aliphatic heterocycles. The first kappa shape index (κ1) is 21.0. The summed E-state index contributed by atoms with van der Waals surface area (Å²) in [6.45, 7) is 0.464. The number of aromatic nitrogens is 1. The molecule has 1 aromatic heterocycles. The number of thioether (sulfide) groups is 1. The fraction of sp³-hybridized carbons (Fsp3) is 0.136. The van der Waals surface area contributed by atoms with Crippen LogP contribution in [0.3, 0.4) is 0 Å². The summed E-state index contributed by atoms with van der Waals surface area (Å²) in [5.74, 6) is 0.820. The zero-order valence-electron chi connectivity index (χ0n) is 16.3. The Kier molecular flexibility index (Phi) is 6.59. The van der Waals surface area contributed by atoms with Gasteiger partial charge in [0.05, 0.1) is 11.3 Å². The second-order valence-corrected chi connectivity index (χ2v) is 7.91. The molecule has 31 heavy (non-hydrogen) atoms. The average Bonchev–Trinajstić information content (AvgIpc) is 3.25. The van der Waals surface area contributed by atoms with Gasteiger partial charge in [0, 0.05) is 29.5 Å². The number of carbonyl (C=O) groups excluding carboxylic acids is 2. The van der Waals surface area contributed by atoms with Crippen molar-refractivity contribution in [1.82, 2.24) is 10.3 Å². The van der Waals surface area contributed by atoms with Gasteiger partial charge < -0.3 is 20.1 Å². The largest absolute Gasteiger partial charge is 0.454 e. The Hall–Kier alpha value is -3.23. The van der Waals surface area contributed by atoms with E-state index in [1.165, 1.54) is 11.8 Å². The van der Waals surface area contributed by atoms with E-state index in [-0.39, 0.29) is 24.4 Å². The maximum Gasteiger partial charge on any atom is 0.254 e. The number of pyridine rings is 1. The van der Waals surface area contributed by atoms with Gasteiger partial charge >= 0.3 is 0 Å². The molecule has 9 heteroatoms. The van der Waals surface area contributed by atoms with Gasteiger partial charge in [-0.2, -0.15) is 0 Å². The zero-order chi connectivity index (χ0) is 21.6. The maximum atomic E-state index is 12.7. The summed E-state index contributed by atoms with van der Waals surface area (Å²) in [6.07, 6.45) is 1.59. The van der Waals surface area contributed by atoms with Crippen molar-refractivity contribution in [2.75, 3.05) is 17.9 Å². The quantitative estimate of drug-likeness (QED) is 0.521. The second kappa shape index (κ2) is 9.72. The number of benzene rings is 2. The number of amides is 2. The fourth-order valence-corrected chi connectivity index (χ4v) is 3.89. The van der Waals surface area contributed by atoms with E-state index in [4.69, 9.17) is 21.1 Å². The van der Waals surface area contributed by atoms with E-state index in [1.54, 1.807) is 42.6 Å². The number of ether oxygens (including phenoxy) is 2. The fourth-order valence-electron chi connectivity index (χ4n) is 2.90. The Labute approximate surface area is 188 Å². The Morgan fingerprint density at radius 1 is 1.06 bits per heavy atom. The first-order valence-electron chi connectivity index (χ1n) is 9.39. The molecule has 0 saturated carbocycles. The van der Waals surface area contributed by atoms with Gasteiger partial charge in [0.1, 0.15) is 5.03 Å². The SMILES string of the molecule is O=C(CSc1ncccc1C(=O)NCc1ccccc1Cl)Nc1ccc2c(c1)OCO2. The van der Waals surface area contributed by atoms with Gasteiger partial charge in [-0.15, -0.1) is 0 Å². The van der Waals surface area contributed by atoms with E-state index in [9.17, 15) is 9.59 Å². The number of nitrogens with one attached hydrogen (secondary N) is 2.